The van der Waals surface area contributed by atoms with Gasteiger partial charge in [-0.05, 0) is 6.92 Å². The largest absolute Gasteiger partial charge is 0.337 e. The maximum Gasteiger partial charge on any atom is 0.224 e. The van der Waals surface area contributed by atoms with E-state index in [2.05, 4.69) is 11.1 Å². The summed E-state index contributed by atoms with van der Waals surface area (Å²) in [6.07, 6.45) is 5.69. The molecule has 1 amide bonds. The van der Waals surface area contributed by atoms with Gasteiger partial charge in [-0.2, -0.15) is 5.26 Å². The second-order valence-electron chi connectivity index (χ2n) is 4.18. The molecule has 16 heavy (non-hydrogen) atoms. The Balaban J connectivity index is 1.98. The maximum atomic E-state index is 11.7. The third kappa shape index (κ3) is 2.06. The van der Waals surface area contributed by atoms with Crippen molar-refractivity contribution in [1.82, 2.24) is 14.5 Å². The van der Waals surface area contributed by atoms with E-state index >= 15 is 0 Å². The van der Waals surface area contributed by atoms with E-state index in [1.165, 1.54) is 0 Å². The fourth-order valence-electron chi connectivity index (χ4n) is 2.04. The van der Waals surface area contributed by atoms with Gasteiger partial charge in [0.15, 0.2) is 0 Å². The van der Waals surface area contributed by atoms with Crippen molar-refractivity contribution in [1.29, 1.82) is 5.26 Å². The molecule has 2 rings (SSSR count). The Labute approximate surface area is 94.3 Å². The zero-order chi connectivity index (χ0) is 11.5. The Morgan fingerprint density at radius 1 is 1.75 bits per heavy atom. The van der Waals surface area contributed by atoms with Gasteiger partial charge < -0.3 is 9.47 Å². The SMILES string of the molecule is CC(Cn1ccnc1)N1CC(C#N)CC1=O. The lowest BCUT2D eigenvalue weighted by Gasteiger charge is -2.24. The van der Waals surface area contributed by atoms with Gasteiger partial charge in [0.05, 0.1) is 18.3 Å². The molecule has 0 saturated carbocycles. The number of aromatic nitrogens is 2. The Bertz CT molecular complexity index is 406. The van der Waals surface area contributed by atoms with E-state index in [0.29, 0.717) is 13.0 Å². The number of hydrogen-bond donors (Lipinski definition) is 0. The van der Waals surface area contributed by atoms with E-state index in [9.17, 15) is 4.79 Å². The smallest absolute Gasteiger partial charge is 0.224 e. The Kier molecular flexibility index (Phi) is 2.91. The molecule has 0 N–H and O–H groups in total. The summed E-state index contributed by atoms with van der Waals surface area (Å²) < 4.78 is 1.94. The molecule has 2 atom stereocenters. The average molecular weight is 218 g/mol. The molecule has 2 heterocycles. The van der Waals surface area contributed by atoms with Gasteiger partial charge >= 0.3 is 0 Å². The second kappa shape index (κ2) is 4.35. The molecule has 1 aliphatic heterocycles. The summed E-state index contributed by atoms with van der Waals surface area (Å²) >= 11 is 0. The Morgan fingerprint density at radius 2 is 2.56 bits per heavy atom. The standard InChI is InChI=1S/C11H14N4O/c1-9(6-14-3-2-13-8-14)15-7-10(5-12)4-11(15)16/h2-3,8-10H,4,6-7H2,1H3. The van der Waals surface area contributed by atoms with Crippen molar-refractivity contribution in [2.45, 2.75) is 25.9 Å². The predicted octanol–water partition coefficient (Wildman–Crippen LogP) is 0.644. The highest BCUT2D eigenvalue weighted by atomic mass is 16.2. The summed E-state index contributed by atoms with van der Waals surface area (Å²) in [7, 11) is 0. The third-order valence-electron chi connectivity index (χ3n) is 2.91. The Hall–Kier alpha value is -1.83. The minimum absolute atomic E-state index is 0.0826. The second-order valence-corrected chi connectivity index (χ2v) is 4.18. The lowest BCUT2D eigenvalue weighted by molar-refractivity contribution is -0.129. The molecule has 1 aromatic heterocycles. The number of imidazole rings is 1. The van der Waals surface area contributed by atoms with Crippen LogP contribution in [0.15, 0.2) is 18.7 Å². The molecule has 1 saturated heterocycles. The fourth-order valence-corrected chi connectivity index (χ4v) is 2.04. The van der Waals surface area contributed by atoms with Crippen LogP contribution in [0, 0.1) is 17.2 Å². The summed E-state index contributed by atoms with van der Waals surface area (Å²) in [6.45, 7) is 3.28. The summed E-state index contributed by atoms with van der Waals surface area (Å²) in [5.41, 5.74) is 0. The van der Waals surface area contributed by atoms with E-state index in [1.807, 2.05) is 17.7 Å². The van der Waals surface area contributed by atoms with Crippen LogP contribution in [0.2, 0.25) is 0 Å². The summed E-state index contributed by atoms with van der Waals surface area (Å²) in [6, 6.07) is 2.27. The van der Waals surface area contributed by atoms with Crippen LogP contribution in [0.25, 0.3) is 0 Å². The lowest BCUT2D eigenvalue weighted by Crippen LogP contribution is -2.37. The predicted molar refractivity (Wildman–Crippen MR) is 57.1 cm³/mol. The Morgan fingerprint density at radius 3 is 3.12 bits per heavy atom. The quantitative estimate of drug-likeness (QED) is 0.748. The van der Waals surface area contributed by atoms with E-state index in [1.54, 1.807) is 17.4 Å². The molecule has 5 nitrogen and oxygen atoms in total. The molecule has 84 valence electrons. The van der Waals surface area contributed by atoms with Gasteiger partial charge in [-0.15, -0.1) is 0 Å². The highest BCUT2D eigenvalue weighted by Crippen LogP contribution is 2.19. The van der Waals surface area contributed by atoms with E-state index in [-0.39, 0.29) is 17.9 Å². The molecule has 0 spiro atoms. The van der Waals surface area contributed by atoms with Gasteiger partial charge in [-0.25, -0.2) is 4.98 Å². The van der Waals surface area contributed by atoms with E-state index in [0.717, 1.165) is 6.54 Å². The molecular formula is C11H14N4O. The highest BCUT2D eigenvalue weighted by molar-refractivity contribution is 5.79. The molecule has 0 aliphatic carbocycles. The molecule has 5 heteroatoms. The maximum absolute atomic E-state index is 11.7. The number of likely N-dealkylation sites (tertiary alicyclic amines) is 1. The van der Waals surface area contributed by atoms with Crippen LogP contribution in [-0.4, -0.2) is 32.9 Å². The summed E-state index contributed by atoms with van der Waals surface area (Å²) in [4.78, 5) is 17.4. The molecule has 0 bridgehead atoms. The normalized spacial score (nSPS) is 22.1. The molecule has 0 radical (unpaired) electrons. The van der Waals surface area contributed by atoms with Crippen molar-refractivity contribution in [3.05, 3.63) is 18.7 Å². The number of carbonyl (C=O) groups excluding carboxylic acids is 1. The zero-order valence-electron chi connectivity index (χ0n) is 9.21. The lowest BCUT2D eigenvalue weighted by atomic mass is 10.1. The number of hydrogen-bond acceptors (Lipinski definition) is 3. The topological polar surface area (TPSA) is 61.9 Å². The van der Waals surface area contributed by atoms with Crippen LogP contribution in [0.5, 0.6) is 0 Å². The van der Waals surface area contributed by atoms with E-state index < -0.39 is 0 Å². The first-order valence-corrected chi connectivity index (χ1v) is 5.35. The fraction of sp³-hybridized carbons (Fsp3) is 0.545. The first kappa shape index (κ1) is 10.7. The van der Waals surface area contributed by atoms with Crippen LogP contribution in [-0.2, 0) is 11.3 Å². The summed E-state index contributed by atoms with van der Waals surface area (Å²) in [5.74, 6) is -0.0584. The minimum atomic E-state index is -0.141. The van der Waals surface area contributed by atoms with Crippen molar-refractivity contribution in [3.8, 4) is 6.07 Å². The van der Waals surface area contributed by atoms with Crippen LogP contribution in [0.3, 0.4) is 0 Å². The number of nitrogens with zero attached hydrogens (tertiary/aromatic N) is 4. The van der Waals surface area contributed by atoms with Crippen LogP contribution in [0.4, 0.5) is 0 Å². The molecule has 2 unspecified atom stereocenters. The minimum Gasteiger partial charge on any atom is -0.337 e. The van der Waals surface area contributed by atoms with Crippen LogP contribution >= 0.6 is 0 Å². The third-order valence-corrected chi connectivity index (χ3v) is 2.91. The van der Waals surface area contributed by atoms with Gasteiger partial charge in [-0.3, -0.25) is 4.79 Å². The van der Waals surface area contributed by atoms with Gasteiger partial charge in [0.25, 0.3) is 0 Å². The molecular weight excluding hydrogens is 204 g/mol. The van der Waals surface area contributed by atoms with E-state index in [4.69, 9.17) is 5.26 Å². The monoisotopic (exact) mass is 218 g/mol. The number of nitriles is 1. The van der Waals surface area contributed by atoms with Gasteiger partial charge in [0.2, 0.25) is 5.91 Å². The van der Waals surface area contributed by atoms with Gasteiger partial charge in [0, 0.05) is 37.9 Å². The van der Waals surface area contributed by atoms with Crippen molar-refractivity contribution in [3.63, 3.8) is 0 Å². The number of rotatable bonds is 3. The summed E-state index contributed by atoms with van der Waals surface area (Å²) in [5, 5.41) is 8.80. The highest BCUT2D eigenvalue weighted by Gasteiger charge is 2.32. The van der Waals surface area contributed by atoms with Crippen molar-refractivity contribution >= 4 is 5.91 Å². The van der Waals surface area contributed by atoms with Gasteiger partial charge in [0.1, 0.15) is 0 Å². The van der Waals surface area contributed by atoms with Crippen LogP contribution < -0.4 is 0 Å². The van der Waals surface area contributed by atoms with Gasteiger partial charge in [-0.1, -0.05) is 0 Å². The molecule has 0 aromatic carbocycles. The molecule has 1 aliphatic rings. The first-order valence-electron chi connectivity index (χ1n) is 5.35. The van der Waals surface area contributed by atoms with Crippen LogP contribution in [0.1, 0.15) is 13.3 Å². The van der Waals surface area contributed by atoms with Crippen molar-refractivity contribution in [2.24, 2.45) is 5.92 Å². The van der Waals surface area contributed by atoms with Crippen molar-refractivity contribution < 1.29 is 4.79 Å². The first-order chi connectivity index (χ1) is 7.70. The van der Waals surface area contributed by atoms with Crippen molar-refractivity contribution in [2.75, 3.05) is 6.54 Å². The average Bonchev–Trinajstić information content (AvgIpc) is 2.87. The molecule has 1 aromatic rings. The molecule has 1 fully saturated rings. The number of carbonyl (C=O) groups is 1. The zero-order valence-corrected chi connectivity index (χ0v) is 9.21. The number of amides is 1.